The molecule has 2 aromatic rings. The first-order valence-corrected chi connectivity index (χ1v) is 6.60. The van der Waals surface area contributed by atoms with Gasteiger partial charge in [0.05, 0.1) is 23.9 Å². The van der Waals surface area contributed by atoms with Crippen LogP contribution in [0.3, 0.4) is 0 Å². The van der Waals surface area contributed by atoms with Crippen molar-refractivity contribution in [3.05, 3.63) is 59.9 Å². The van der Waals surface area contributed by atoms with E-state index >= 15 is 0 Å². The van der Waals surface area contributed by atoms with Crippen molar-refractivity contribution < 1.29 is 9.53 Å². The van der Waals surface area contributed by atoms with E-state index in [1.54, 1.807) is 18.3 Å². The average molecular weight is 270 g/mol. The third-order valence-corrected chi connectivity index (χ3v) is 2.66. The molecule has 0 saturated carbocycles. The SMILES string of the molecule is CC(C)OC(=O)c1ccc(NCc2ccccn2)cc1. The summed E-state index contributed by atoms with van der Waals surface area (Å²) in [4.78, 5) is 15.9. The van der Waals surface area contributed by atoms with Crippen molar-refractivity contribution in [2.24, 2.45) is 0 Å². The molecule has 1 N–H and O–H groups in total. The van der Waals surface area contributed by atoms with E-state index in [0.29, 0.717) is 12.1 Å². The first-order chi connectivity index (χ1) is 9.65. The number of pyridine rings is 1. The Balaban J connectivity index is 1.93. The molecule has 0 unspecified atom stereocenters. The smallest absolute Gasteiger partial charge is 0.338 e. The van der Waals surface area contributed by atoms with Gasteiger partial charge in [-0.2, -0.15) is 0 Å². The van der Waals surface area contributed by atoms with Gasteiger partial charge < -0.3 is 10.1 Å². The number of nitrogens with zero attached hydrogens (tertiary/aromatic N) is 1. The molecule has 0 aliphatic heterocycles. The van der Waals surface area contributed by atoms with Gasteiger partial charge in [-0.15, -0.1) is 0 Å². The highest BCUT2D eigenvalue weighted by Gasteiger charge is 2.08. The fourth-order valence-electron chi connectivity index (χ4n) is 1.70. The molecule has 104 valence electrons. The van der Waals surface area contributed by atoms with Crippen molar-refractivity contribution in [1.82, 2.24) is 4.98 Å². The van der Waals surface area contributed by atoms with Crippen LogP contribution >= 0.6 is 0 Å². The molecule has 2 rings (SSSR count). The number of benzene rings is 1. The van der Waals surface area contributed by atoms with Crippen molar-refractivity contribution in [2.45, 2.75) is 26.5 Å². The third-order valence-electron chi connectivity index (χ3n) is 2.66. The molecule has 20 heavy (non-hydrogen) atoms. The van der Waals surface area contributed by atoms with Gasteiger partial charge in [0.25, 0.3) is 0 Å². The highest BCUT2D eigenvalue weighted by Crippen LogP contribution is 2.12. The van der Waals surface area contributed by atoms with Crippen LogP contribution in [0.1, 0.15) is 29.9 Å². The molecular weight excluding hydrogens is 252 g/mol. The van der Waals surface area contributed by atoms with Gasteiger partial charge >= 0.3 is 5.97 Å². The molecule has 4 heteroatoms. The van der Waals surface area contributed by atoms with Gasteiger partial charge in [0.2, 0.25) is 0 Å². The van der Waals surface area contributed by atoms with Gasteiger partial charge in [-0.1, -0.05) is 6.07 Å². The number of hydrogen-bond acceptors (Lipinski definition) is 4. The minimum atomic E-state index is -0.295. The van der Waals surface area contributed by atoms with Gasteiger partial charge in [0.15, 0.2) is 0 Å². The van der Waals surface area contributed by atoms with Crippen LogP contribution in [0.4, 0.5) is 5.69 Å². The maximum absolute atomic E-state index is 11.7. The van der Waals surface area contributed by atoms with Crippen molar-refractivity contribution in [2.75, 3.05) is 5.32 Å². The molecule has 0 spiro atoms. The van der Waals surface area contributed by atoms with Crippen LogP contribution in [0, 0.1) is 0 Å². The fourth-order valence-corrected chi connectivity index (χ4v) is 1.70. The number of aromatic nitrogens is 1. The molecule has 1 heterocycles. The summed E-state index contributed by atoms with van der Waals surface area (Å²) in [6.45, 7) is 4.32. The predicted molar refractivity (Wildman–Crippen MR) is 78.6 cm³/mol. The average Bonchev–Trinajstić information content (AvgIpc) is 2.46. The number of ether oxygens (including phenoxy) is 1. The predicted octanol–water partition coefficient (Wildman–Crippen LogP) is 3.26. The lowest BCUT2D eigenvalue weighted by Gasteiger charge is -2.09. The second-order valence-corrected chi connectivity index (χ2v) is 4.71. The van der Waals surface area contributed by atoms with Crippen LogP contribution in [0.25, 0.3) is 0 Å². The summed E-state index contributed by atoms with van der Waals surface area (Å²) in [5, 5.41) is 3.25. The monoisotopic (exact) mass is 270 g/mol. The Hall–Kier alpha value is -2.36. The summed E-state index contributed by atoms with van der Waals surface area (Å²) in [6.07, 6.45) is 1.66. The Bertz CT molecular complexity index is 550. The highest BCUT2D eigenvalue weighted by molar-refractivity contribution is 5.89. The molecule has 0 bridgehead atoms. The minimum Gasteiger partial charge on any atom is -0.459 e. The number of esters is 1. The Morgan fingerprint density at radius 1 is 1.20 bits per heavy atom. The zero-order chi connectivity index (χ0) is 14.4. The van der Waals surface area contributed by atoms with E-state index in [0.717, 1.165) is 11.4 Å². The van der Waals surface area contributed by atoms with Crippen molar-refractivity contribution in [3.8, 4) is 0 Å². The molecule has 0 radical (unpaired) electrons. The summed E-state index contributed by atoms with van der Waals surface area (Å²) in [5.74, 6) is -0.295. The van der Waals surface area contributed by atoms with E-state index in [-0.39, 0.29) is 12.1 Å². The topological polar surface area (TPSA) is 51.2 Å². The Morgan fingerprint density at radius 3 is 2.55 bits per heavy atom. The van der Waals surface area contributed by atoms with E-state index in [9.17, 15) is 4.79 Å². The van der Waals surface area contributed by atoms with E-state index in [1.165, 1.54) is 0 Å². The largest absolute Gasteiger partial charge is 0.459 e. The molecule has 0 amide bonds. The second-order valence-electron chi connectivity index (χ2n) is 4.71. The second kappa shape index (κ2) is 6.70. The molecular formula is C16H18N2O2. The lowest BCUT2D eigenvalue weighted by Crippen LogP contribution is -2.11. The zero-order valence-corrected chi connectivity index (χ0v) is 11.7. The zero-order valence-electron chi connectivity index (χ0n) is 11.7. The number of carbonyl (C=O) groups excluding carboxylic acids is 1. The van der Waals surface area contributed by atoms with Gasteiger partial charge in [-0.25, -0.2) is 4.79 Å². The van der Waals surface area contributed by atoms with Crippen molar-refractivity contribution >= 4 is 11.7 Å². The molecule has 0 saturated heterocycles. The fraction of sp³-hybridized carbons (Fsp3) is 0.250. The highest BCUT2D eigenvalue weighted by atomic mass is 16.5. The molecule has 1 aromatic carbocycles. The van der Waals surface area contributed by atoms with E-state index < -0.39 is 0 Å². The van der Waals surface area contributed by atoms with Crippen LogP contribution < -0.4 is 5.32 Å². The van der Waals surface area contributed by atoms with Crippen LogP contribution in [0.5, 0.6) is 0 Å². The summed E-state index contributed by atoms with van der Waals surface area (Å²) < 4.78 is 5.14. The van der Waals surface area contributed by atoms with Gasteiger partial charge in [-0.3, -0.25) is 4.98 Å². The molecule has 1 aromatic heterocycles. The van der Waals surface area contributed by atoms with E-state index in [1.807, 2.05) is 44.2 Å². The van der Waals surface area contributed by atoms with E-state index in [4.69, 9.17) is 4.74 Å². The normalized spacial score (nSPS) is 10.3. The minimum absolute atomic E-state index is 0.107. The maximum Gasteiger partial charge on any atom is 0.338 e. The molecule has 0 fully saturated rings. The summed E-state index contributed by atoms with van der Waals surface area (Å²) in [6, 6.07) is 13.0. The lowest BCUT2D eigenvalue weighted by molar-refractivity contribution is 0.0378. The number of rotatable bonds is 5. The Morgan fingerprint density at radius 2 is 1.95 bits per heavy atom. The molecule has 0 aliphatic rings. The Kier molecular flexibility index (Phi) is 4.71. The van der Waals surface area contributed by atoms with Crippen molar-refractivity contribution in [3.63, 3.8) is 0 Å². The molecule has 0 atom stereocenters. The Labute approximate surface area is 118 Å². The summed E-state index contributed by atoms with van der Waals surface area (Å²) in [7, 11) is 0. The number of carbonyl (C=O) groups is 1. The lowest BCUT2D eigenvalue weighted by atomic mass is 10.2. The van der Waals surface area contributed by atoms with Gasteiger partial charge in [-0.05, 0) is 50.2 Å². The number of anilines is 1. The standard InChI is InChI=1S/C16H18N2O2/c1-12(2)20-16(19)13-6-8-14(9-7-13)18-11-15-5-3-4-10-17-15/h3-10,12,18H,11H2,1-2H3. The van der Waals surface area contributed by atoms with E-state index in [2.05, 4.69) is 10.3 Å². The number of hydrogen-bond donors (Lipinski definition) is 1. The third kappa shape index (κ3) is 4.09. The summed E-state index contributed by atoms with van der Waals surface area (Å²) in [5.41, 5.74) is 2.47. The van der Waals surface area contributed by atoms with Gasteiger partial charge in [0.1, 0.15) is 0 Å². The van der Waals surface area contributed by atoms with Gasteiger partial charge in [0, 0.05) is 11.9 Å². The van der Waals surface area contributed by atoms with Crippen molar-refractivity contribution in [1.29, 1.82) is 0 Å². The first-order valence-electron chi connectivity index (χ1n) is 6.60. The van der Waals surface area contributed by atoms with Crippen LogP contribution in [0.15, 0.2) is 48.7 Å². The van der Waals surface area contributed by atoms with Crippen LogP contribution in [0.2, 0.25) is 0 Å². The quantitative estimate of drug-likeness (QED) is 0.847. The summed E-state index contributed by atoms with van der Waals surface area (Å²) >= 11 is 0. The van der Waals surface area contributed by atoms with Crippen LogP contribution in [-0.4, -0.2) is 17.1 Å². The maximum atomic E-state index is 11.7. The number of nitrogens with one attached hydrogen (secondary N) is 1. The molecule has 0 aliphatic carbocycles. The molecule has 4 nitrogen and oxygen atoms in total. The first kappa shape index (κ1) is 14.1. The van der Waals surface area contributed by atoms with Crippen LogP contribution in [-0.2, 0) is 11.3 Å².